The lowest BCUT2D eigenvalue weighted by atomic mass is 10.0. The zero-order valence-corrected chi connectivity index (χ0v) is 16.2. The van der Waals surface area contributed by atoms with E-state index >= 15 is 0 Å². The quantitative estimate of drug-likeness (QED) is 0.721. The van der Waals surface area contributed by atoms with Gasteiger partial charge in [-0.25, -0.2) is 4.98 Å². The van der Waals surface area contributed by atoms with Gasteiger partial charge in [0.05, 0.1) is 0 Å². The van der Waals surface area contributed by atoms with Crippen molar-refractivity contribution in [3.63, 3.8) is 0 Å². The van der Waals surface area contributed by atoms with E-state index in [2.05, 4.69) is 50.1 Å². The van der Waals surface area contributed by atoms with E-state index < -0.39 is 0 Å². The van der Waals surface area contributed by atoms with Crippen LogP contribution >= 0.6 is 0 Å². The predicted molar refractivity (Wildman–Crippen MR) is 109 cm³/mol. The molecule has 0 amide bonds. The first-order valence-corrected chi connectivity index (χ1v) is 9.83. The van der Waals surface area contributed by atoms with E-state index in [0.717, 1.165) is 43.4 Å². The summed E-state index contributed by atoms with van der Waals surface area (Å²) in [6.45, 7) is 7.20. The van der Waals surface area contributed by atoms with Crippen LogP contribution in [0.4, 0.5) is 5.69 Å². The van der Waals surface area contributed by atoms with E-state index in [4.69, 9.17) is 4.42 Å². The molecular weight excluding hydrogens is 336 g/mol. The molecular formula is C22H28N4O. The molecule has 5 nitrogen and oxygen atoms in total. The Morgan fingerprint density at radius 2 is 1.78 bits per heavy atom. The summed E-state index contributed by atoms with van der Waals surface area (Å²) in [5, 5.41) is 3.69. The lowest BCUT2D eigenvalue weighted by molar-refractivity contribution is 0.405. The van der Waals surface area contributed by atoms with Crippen molar-refractivity contribution in [3.8, 4) is 5.69 Å². The van der Waals surface area contributed by atoms with Crippen LogP contribution in [0, 0.1) is 13.8 Å². The Bertz CT molecular complexity index is 857. The van der Waals surface area contributed by atoms with Crippen molar-refractivity contribution in [3.05, 3.63) is 66.1 Å². The average molecular weight is 364 g/mol. The van der Waals surface area contributed by atoms with Crippen LogP contribution in [0.5, 0.6) is 0 Å². The van der Waals surface area contributed by atoms with Gasteiger partial charge in [-0.2, -0.15) is 0 Å². The Hall–Kier alpha value is -2.53. The largest absolute Gasteiger partial charge is 0.466 e. The normalized spacial score (nSPS) is 15.4. The van der Waals surface area contributed by atoms with Gasteiger partial charge in [0.25, 0.3) is 0 Å². The first kappa shape index (κ1) is 17.9. The number of furan rings is 1. The second-order valence-electron chi connectivity index (χ2n) is 7.34. The van der Waals surface area contributed by atoms with E-state index in [1.807, 2.05) is 32.3 Å². The molecule has 0 bridgehead atoms. The molecule has 1 aliphatic heterocycles. The molecule has 0 radical (unpaired) electrons. The zero-order valence-electron chi connectivity index (χ0n) is 16.2. The molecule has 5 heteroatoms. The highest BCUT2D eigenvalue weighted by Gasteiger charge is 2.19. The number of nitrogens with one attached hydrogen (secondary N) is 1. The van der Waals surface area contributed by atoms with Crippen molar-refractivity contribution >= 4 is 5.69 Å². The third-order valence-electron chi connectivity index (χ3n) is 5.41. The maximum absolute atomic E-state index is 5.64. The van der Waals surface area contributed by atoms with Crippen LogP contribution in [0.25, 0.3) is 5.69 Å². The van der Waals surface area contributed by atoms with Crippen molar-refractivity contribution in [2.24, 2.45) is 0 Å². The molecule has 0 unspecified atom stereocenters. The van der Waals surface area contributed by atoms with Crippen LogP contribution in [0.2, 0.25) is 0 Å². The lowest BCUT2D eigenvalue weighted by Gasteiger charge is -2.34. The number of piperidine rings is 1. The van der Waals surface area contributed by atoms with Crippen LogP contribution in [0.15, 0.2) is 53.2 Å². The molecule has 1 aliphatic rings. The third kappa shape index (κ3) is 4.25. The van der Waals surface area contributed by atoms with E-state index in [9.17, 15) is 0 Å². The van der Waals surface area contributed by atoms with Crippen molar-refractivity contribution in [2.75, 3.05) is 24.5 Å². The number of rotatable bonds is 6. The third-order valence-corrected chi connectivity index (χ3v) is 5.41. The smallest absolute Gasteiger partial charge is 0.110 e. The van der Waals surface area contributed by atoms with Gasteiger partial charge < -0.3 is 19.2 Å². The molecule has 0 aliphatic carbocycles. The number of hydrogen-bond donors (Lipinski definition) is 1. The number of aromatic nitrogens is 2. The van der Waals surface area contributed by atoms with Gasteiger partial charge in [0.1, 0.15) is 17.3 Å². The van der Waals surface area contributed by atoms with Gasteiger partial charge in [0, 0.05) is 55.9 Å². The maximum atomic E-state index is 5.64. The van der Waals surface area contributed by atoms with Gasteiger partial charge in [-0.05, 0) is 63.1 Å². The molecule has 1 saturated heterocycles. The molecule has 2 aromatic heterocycles. The molecule has 142 valence electrons. The summed E-state index contributed by atoms with van der Waals surface area (Å²) in [6.07, 6.45) is 7.17. The predicted octanol–water partition coefficient (Wildman–Crippen LogP) is 3.88. The summed E-state index contributed by atoms with van der Waals surface area (Å²) < 4.78 is 7.75. The number of aryl methyl sites for hydroxylation is 2. The molecule has 0 atom stereocenters. The van der Waals surface area contributed by atoms with Crippen LogP contribution in [-0.2, 0) is 6.42 Å². The fraction of sp³-hybridized carbons (Fsp3) is 0.409. The van der Waals surface area contributed by atoms with Crippen LogP contribution in [-0.4, -0.2) is 35.2 Å². The molecule has 0 spiro atoms. The van der Waals surface area contributed by atoms with E-state index in [1.165, 1.54) is 24.2 Å². The molecule has 4 rings (SSSR count). The highest BCUT2D eigenvalue weighted by Crippen LogP contribution is 2.22. The molecule has 3 heterocycles. The minimum absolute atomic E-state index is 0.602. The zero-order chi connectivity index (χ0) is 18.6. The second kappa shape index (κ2) is 8.01. The standard InChI is InChI=1S/C22H28N4O/c1-17-3-8-22(27-17)9-12-24-19-10-14-25(15-11-19)20-4-6-21(7-5-20)26-16-13-23-18(26)2/h3-8,13,16,19,24H,9-12,14-15H2,1-2H3. The Labute approximate surface area is 161 Å². The highest BCUT2D eigenvalue weighted by atomic mass is 16.3. The number of imidazole rings is 1. The molecule has 0 saturated carbocycles. The number of anilines is 1. The minimum atomic E-state index is 0.602. The van der Waals surface area contributed by atoms with Crippen LogP contribution in [0.3, 0.4) is 0 Å². The first-order valence-electron chi connectivity index (χ1n) is 9.83. The second-order valence-corrected chi connectivity index (χ2v) is 7.34. The van der Waals surface area contributed by atoms with Crippen LogP contribution < -0.4 is 10.2 Å². The monoisotopic (exact) mass is 364 g/mol. The van der Waals surface area contributed by atoms with Crippen molar-refractivity contribution in [2.45, 2.75) is 39.2 Å². The molecule has 1 fully saturated rings. The Balaban J connectivity index is 1.26. The highest BCUT2D eigenvalue weighted by molar-refractivity contribution is 5.51. The molecule has 3 aromatic rings. The lowest BCUT2D eigenvalue weighted by Crippen LogP contribution is -2.43. The topological polar surface area (TPSA) is 46.2 Å². The van der Waals surface area contributed by atoms with Gasteiger partial charge in [0.15, 0.2) is 0 Å². The number of hydrogen-bond acceptors (Lipinski definition) is 4. The van der Waals surface area contributed by atoms with Crippen molar-refractivity contribution < 1.29 is 4.42 Å². The summed E-state index contributed by atoms with van der Waals surface area (Å²) in [7, 11) is 0. The Morgan fingerprint density at radius 1 is 1.04 bits per heavy atom. The van der Waals surface area contributed by atoms with Gasteiger partial charge in [-0.3, -0.25) is 0 Å². The minimum Gasteiger partial charge on any atom is -0.466 e. The number of benzene rings is 1. The summed E-state index contributed by atoms with van der Waals surface area (Å²) in [5.41, 5.74) is 2.47. The van der Waals surface area contributed by atoms with E-state index in [0.29, 0.717) is 6.04 Å². The SMILES string of the molecule is Cc1ccc(CCNC2CCN(c3ccc(-n4ccnc4C)cc3)CC2)o1. The molecule has 27 heavy (non-hydrogen) atoms. The molecule has 1 N–H and O–H groups in total. The van der Waals surface area contributed by atoms with Gasteiger partial charge in [0.2, 0.25) is 0 Å². The summed E-state index contributed by atoms with van der Waals surface area (Å²) >= 11 is 0. The van der Waals surface area contributed by atoms with Crippen molar-refractivity contribution in [1.82, 2.24) is 14.9 Å². The van der Waals surface area contributed by atoms with Crippen molar-refractivity contribution in [1.29, 1.82) is 0 Å². The van der Waals surface area contributed by atoms with Gasteiger partial charge in [-0.15, -0.1) is 0 Å². The first-order chi connectivity index (χ1) is 13.2. The van der Waals surface area contributed by atoms with E-state index in [1.54, 1.807) is 0 Å². The Morgan fingerprint density at radius 3 is 2.41 bits per heavy atom. The van der Waals surface area contributed by atoms with Gasteiger partial charge >= 0.3 is 0 Å². The van der Waals surface area contributed by atoms with Crippen LogP contribution in [0.1, 0.15) is 30.2 Å². The maximum Gasteiger partial charge on any atom is 0.110 e. The van der Waals surface area contributed by atoms with E-state index in [-0.39, 0.29) is 0 Å². The van der Waals surface area contributed by atoms with Gasteiger partial charge in [-0.1, -0.05) is 0 Å². The fourth-order valence-corrected chi connectivity index (χ4v) is 3.84. The summed E-state index contributed by atoms with van der Waals surface area (Å²) in [5.74, 6) is 3.08. The Kier molecular flexibility index (Phi) is 5.30. The fourth-order valence-electron chi connectivity index (χ4n) is 3.84. The average Bonchev–Trinajstić information content (AvgIpc) is 3.31. The molecule has 1 aromatic carbocycles. The summed E-state index contributed by atoms with van der Waals surface area (Å²) in [6, 6.07) is 13.5. The number of nitrogens with zero attached hydrogens (tertiary/aromatic N) is 3. The summed E-state index contributed by atoms with van der Waals surface area (Å²) in [4.78, 5) is 6.78.